The van der Waals surface area contributed by atoms with Crippen molar-refractivity contribution in [2.75, 3.05) is 11.3 Å². The van der Waals surface area contributed by atoms with Gasteiger partial charge in [-0.3, -0.25) is 9.52 Å². The number of hydrogen-bond donors (Lipinski definition) is 3. The van der Waals surface area contributed by atoms with Crippen LogP contribution >= 0.6 is 11.3 Å². The third kappa shape index (κ3) is 4.37. The zero-order valence-electron chi connectivity index (χ0n) is 16.2. The molecule has 0 saturated heterocycles. The molecule has 2 aromatic carbocycles. The van der Waals surface area contributed by atoms with Crippen molar-refractivity contribution >= 4 is 43.3 Å². The quantitative estimate of drug-likeness (QED) is 0.407. The number of aromatic nitrogens is 2. The van der Waals surface area contributed by atoms with Gasteiger partial charge in [-0.1, -0.05) is 35.9 Å². The molecule has 9 heteroatoms. The first kappa shape index (κ1) is 20.1. The Hall–Kier alpha value is -3.17. The summed E-state index contributed by atoms with van der Waals surface area (Å²) in [4.78, 5) is 19.8. The van der Waals surface area contributed by atoms with Crippen LogP contribution in [0, 0.1) is 6.92 Å². The number of carbonyl (C=O) groups excluding carboxylic acids is 1. The number of nitrogens with zero attached hydrogens (tertiary/aromatic N) is 1. The number of rotatable bonds is 7. The van der Waals surface area contributed by atoms with E-state index in [1.54, 1.807) is 12.1 Å². The van der Waals surface area contributed by atoms with Crippen molar-refractivity contribution in [1.82, 2.24) is 15.3 Å². The second kappa shape index (κ2) is 8.29. The number of nitrogens with one attached hydrogen (secondary N) is 3. The van der Waals surface area contributed by atoms with Crippen LogP contribution in [0.15, 0.2) is 65.0 Å². The molecular formula is C21H20N4O3S2. The van der Waals surface area contributed by atoms with Gasteiger partial charge in [0.2, 0.25) is 0 Å². The molecule has 154 valence electrons. The van der Waals surface area contributed by atoms with Gasteiger partial charge in [-0.25, -0.2) is 13.4 Å². The summed E-state index contributed by atoms with van der Waals surface area (Å²) in [6.45, 7) is 2.33. The number of anilines is 1. The lowest BCUT2D eigenvalue weighted by molar-refractivity contribution is 0.0950. The predicted molar refractivity (Wildman–Crippen MR) is 118 cm³/mol. The molecule has 7 nitrogen and oxygen atoms in total. The maximum Gasteiger partial charge on any atom is 0.270 e. The third-order valence-electron chi connectivity index (χ3n) is 4.64. The van der Waals surface area contributed by atoms with Gasteiger partial charge in [-0.2, -0.15) is 0 Å². The van der Waals surface area contributed by atoms with Crippen LogP contribution < -0.4 is 10.0 Å². The summed E-state index contributed by atoms with van der Waals surface area (Å²) in [7, 11) is -3.75. The van der Waals surface area contributed by atoms with Crippen molar-refractivity contribution in [3.8, 4) is 0 Å². The summed E-state index contributed by atoms with van der Waals surface area (Å²) >= 11 is 1.07. The molecule has 0 spiro atoms. The Morgan fingerprint density at radius 1 is 1.13 bits per heavy atom. The molecule has 0 aliphatic heterocycles. The number of amides is 1. The molecule has 1 amide bonds. The molecule has 0 saturated carbocycles. The van der Waals surface area contributed by atoms with Gasteiger partial charge in [-0.05, 0) is 37.1 Å². The molecule has 0 radical (unpaired) electrons. The monoisotopic (exact) mass is 440 g/mol. The highest BCUT2D eigenvalue weighted by Gasteiger charge is 2.18. The van der Waals surface area contributed by atoms with Gasteiger partial charge in [0.15, 0.2) is 5.13 Å². The average molecular weight is 441 g/mol. The number of carbonyl (C=O) groups is 1. The summed E-state index contributed by atoms with van der Waals surface area (Å²) < 4.78 is 27.3. The summed E-state index contributed by atoms with van der Waals surface area (Å²) in [5, 5.41) is 5.65. The molecular weight excluding hydrogens is 420 g/mol. The number of benzene rings is 2. The van der Waals surface area contributed by atoms with Gasteiger partial charge >= 0.3 is 0 Å². The number of H-pyrrole nitrogens is 1. The van der Waals surface area contributed by atoms with Crippen LogP contribution in [-0.4, -0.2) is 30.8 Å². The molecule has 2 aromatic heterocycles. The highest BCUT2D eigenvalue weighted by Crippen LogP contribution is 2.21. The molecule has 3 N–H and O–H groups in total. The van der Waals surface area contributed by atoms with E-state index in [4.69, 9.17) is 0 Å². The Labute approximate surface area is 178 Å². The minimum Gasteiger partial charge on any atom is -0.361 e. The first-order chi connectivity index (χ1) is 14.4. The second-order valence-electron chi connectivity index (χ2n) is 6.82. The molecule has 0 atom stereocenters. The Bertz CT molecular complexity index is 1290. The van der Waals surface area contributed by atoms with Crippen molar-refractivity contribution in [3.05, 3.63) is 76.9 Å². The number of aromatic amines is 1. The first-order valence-electron chi connectivity index (χ1n) is 9.30. The third-order valence-corrected chi connectivity index (χ3v) is 6.89. The lowest BCUT2D eigenvalue weighted by Gasteiger charge is -2.05. The van der Waals surface area contributed by atoms with Gasteiger partial charge in [0.1, 0.15) is 5.69 Å². The first-order valence-corrected chi connectivity index (χ1v) is 11.7. The van der Waals surface area contributed by atoms with E-state index in [-0.39, 0.29) is 21.6 Å². The smallest absolute Gasteiger partial charge is 0.270 e. The van der Waals surface area contributed by atoms with Crippen LogP contribution in [0.4, 0.5) is 5.13 Å². The van der Waals surface area contributed by atoms with Crippen molar-refractivity contribution in [3.63, 3.8) is 0 Å². The highest BCUT2D eigenvalue weighted by atomic mass is 32.2. The van der Waals surface area contributed by atoms with E-state index in [9.17, 15) is 13.2 Å². The number of thiazole rings is 1. The van der Waals surface area contributed by atoms with E-state index in [0.717, 1.165) is 33.4 Å². The number of fused-ring (bicyclic) bond motifs is 1. The van der Waals surface area contributed by atoms with Crippen molar-refractivity contribution in [2.45, 2.75) is 18.2 Å². The second-order valence-corrected chi connectivity index (χ2v) is 9.36. The molecule has 2 heterocycles. The number of sulfonamides is 1. The highest BCUT2D eigenvalue weighted by molar-refractivity contribution is 7.93. The summed E-state index contributed by atoms with van der Waals surface area (Å²) in [6.07, 6.45) is 2.62. The van der Waals surface area contributed by atoms with E-state index in [1.165, 1.54) is 17.5 Å². The minimum absolute atomic E-state index is 0.146. The van der Waals surface area contributed by atoms with Gasteiger partial charge in [0.25, 0.3) is 15.9 Å². The van der Waals surface area contributed by atoms with Crippen LogP contribution in [0.25, 0.3) is 10.9 Å². The average Bonchev–Trinajstić information content (AvgIpc) is 3.35. The van der Waals surface area contributed by atoms with Gasteiger partial charge in [-0.15, -0.1) is 11.3 Å². The molecule has 30 heavy (non-hydrogen) atoms. The number of aryl methyl sites for hydroxylation is 1. The van der Waals surface area contributed by atoms with E-state index in [1.807, 2.05) is 37.4 Å². The van der Waals surface area contributed by atoms with Crippen molar-refractivity contribution in [1.29, 1.82) is 0 Å². The Kier molecular flexibility index (Phi) is 5.56. The summed E-state index contributed by atoms with van der Waals surface area (Å²) in [6, 6.07) is 14.5. The standard InChI is InChI=1S/C21H20N4O3S2/c1-14-6-8-16(9-7-14)30(27,28)25-21-24-19(13-29-21)20(26)22-11-10-15-12-23-18-5-3-2-4-17(15)18/h2-9,12-13,23H,10-11H2,1H3,(H,22,26)(H,24,25). The zero-order chi connectivity index (χ0) is 21.1. The van der Waals surface area contributed by atoms with Crippen LogP contribution in [0.2, 0.25) is 0 Å². The fourth-order valence-electron chi connectivity index (χ4n) is 3.06. The van der Waals surface area contributed by atoms with E-state index < -0.39 is 10.0 Å². The van der Waals surface area contributed by atoms with Gasteiger partial charge in [0, 0.05) is 29.0 Å². The largest absolute Gasteiger partial charge is 0.361 e. The maximum atomic E-state index is 12.5. The number of hydrogen-bond acceptors (Lipinski definition) is 5. The topological polar surface area (TPSA) is 104 Å². The van der Waals surface area contributed by atoms with E-state index in [0.29, 0.717) is 13.0 Å². The van der Waals surface area contributed by atoms with Gasteiger partial charge < -0.3 is 10.3 Å². The fraction of sp³-hybridized carbons (Fsp3) is 0.143. The molecule has 0 aliphatic rings. The molecule has 0 aliphatic carbocycles. The molecule has 0 bridgehead atoms. The van der Waals surface area contributed by atoms with Crippen LogP contribution in [0.5, 0.6) is 0 Å². The number of para-hydroxylation sites is 1. The van der Waals surface area contributed by atoms with Crippen molar-refractivity contribution in [2.24, 2.45) is 0 Å². The predicted octanol–water partition coefficient (Wildman–Crippen LogP) is 3.71. The molecule has 0 unspecified atom stereocenters. The minimum atomic E-state index is -3.75. The van der Waals surface area contributed by atoms with Crippen molar-refractivity contribution < 1.29 is 13.2 Å². The Morgan fingerprint density at radius 3 is 2.70 bits per heavy atom. The SMILES string of the molecule is Cc1ccc(S(=O)(=O)Nc2nc(C(=O)NCCc3c[nH]c4ccccc34)cs2)cc1. The van der Waals surface area contributed by atoms with E-state index >= 15 is 0 Å². The maximum absolute atomic E-state index is 12.5. The Morgan fingerprint density at radius 2 is 1.90 bits per heavy atom. The van der Waals surface area contributed by atoms with Gasteiger partial charge in [0.05, 0.1) is 4.90 Å². The molecule has 4 aromatic rings. The normalized spacial score (nSPS) is 11.5. The fourth-order valence-corrected chi connectivity index (χ4v) is 5.00. The Balaban J connectivity index is 1.36. The molecule has 4 rings (SSSR count). The van der Waals surface area contributed by atoms with Crippen LogP contribution in [0.3, 0.4) is 0 Å². The summed E-state index contributed by atoms with van der Waals surface area (Å²) in [5.41, 5.74) is 3.33. The van der Waals surface area contributed by atoms with Crippen LogP contribution in [-0.2, 0) is 16.4 Å². The van der Waals surface area contributed by atoms with Crippen LogP contribution in [0.1, 0.15) is 21.6 Å². The van der Waals surface area contributed by atoms with E-state index in [2.05, 4.69) is 20.0 Å². The lowest BCUT2D eigenvalue weighted by atomic mass is 10.1. The summed E-state index contributed by atoms with van der Waals surface area (Å²) in [5.74, 6) is -0.341. The zero-order valence-corrected chi connectivity index (χ0v) is 17.8. The molecule has 0 fully saturated rings. The lowest BCUT2D eigenvalue weighted by Crippen LogP contribution is -2.26.